The van der Waals surface area contributed by atoms with E-state index in [1.807, 2.05) is 30.3 Å². The van der Waals surface area contributed by atoms with Gasteiger partial charge in [0.05, 0.1) is 13.5 Å². The highest BCUT2D eigenvalue weighted by atomic mass is 16.6. The summed E-state index contributed by atoms with van der Waals surface area (Å²) in [6, 6.07) is 16.1. The van der Waals surface area contributed by atoms with Crippen LogP contribution in [0.25, 0.3) is 0 Å². The molecule has 5 heteroatoms. The molecule has 1 amide bonds. The molecule has 0 aromatic heterocycles. The van der Waals surface area contributed by atoms with Crippen molar-refractivity contribution in [3.05, 3.63) is 60.2 Å². The van der Waals surface area contributed by atoms with E-state index in [2.05, 4.69) is 5.32 Å². The van der Waals surface area contributed by atoms with Gasteiger partial charge in [-0.3, -0.25) is 4.79 Å². The molecule has 114 valence electrons. The van der Waals surface area contributed by atoms with Crippen LogP contribution >= 0.6 is 0 Å². The zero-order valence-electron chi connectivity index (χ0n) is 12.2. The number of nitrogens with one attached hydrogen (secondary N) is 1. The lowest BCUT2D eigenvalue weighted by atomic mass is 10.1. The number of carbonyl (C=O) groups is 2. The Hall–Kier alpha value is -2.82. The molecule has 0 saturated heterocycles. The molecule has 2 rings (SSSR count). The Morgan fingerprint density at radius 3 is 2.27 bits per heavy atom. The second-order valence-corrected chi connectivity index (χ2v) is 4.56. The molecule has 0 aliphatic carbocycles. The van der Waals surface area contributed by atoms with E-state index in [-0.39, 0.29) is 18.9 Å². The summed E-state index contributed by atoms with van der Waals surface area (Å²) < 4.78 is 10.2. The number of hydrogen-bond acceptors (Lipinski definition) is 4. The maximum absolute atomic E-state index is 11.7. The van der Waals surface area contributed by atoms with Crippen molar-refractivity contribution in [2.24, 2.45) is 0 Å². The van der Waals surface area contributed by atoms with Gasteiger partial charge in [0.25, 0.3) is 0 Å². The summed E-state index contributed by atoms with van der Waals surface area (Å²) in [6.07, 6.45) is 0.225. The van der Waals surface area contributed by atoms with Gasteiger partial charge in [-0.05, 0) is 17.7 Å². The normalized spacial score (nSPS) is 9.86. The summed E-state index contributed by atoms with van der Waals surface area (Å²) in [7, 11) is 1.49. The van der Waals surface area contributed by atoms with Crippen molar-refractivity contribution >= 4 is 11.9 Å². The Bertz CT molecular complexity index is 640. The van der Waals surface area contributed by atoms with Gasteiger partial charge in [0.2, 0.25) is 5.91 Å². The fourth-order valence-electron chi connectivity index (χ4n) is 1.88. The molecule has 0 aliphatic rings. The minimum Gasteiger partial charge on any atom is -0.493 e. The van der Waals surface area contributed by atoms with Crippen LogP contribution in [-0.2, 0) is 16.0 Å². The summed E-state index contributed by atoms with van der Waals surface area (Å²) in [4.78, 5) is 23.5. The first-order chi connectivity index (χ1) is 10.7. The number of methoxy groups -OCH3 is 1. The average Bonchev–Trinajstić information content (AvgIpc) is 2.54. The van der Waals surface area contributed by atoms with Gasteiger partial charge in [0, 0.05) is 0 Å². The minimum absolute atomic E-state index is 0.191. The number of benzene rings is 2. The fourth-order valence-corrected chi connectivity index (χ4v) is 1.88. The van der Waals surface area contributed by atoms with E-state index in [9.17, 15) is 9.59 Å². The van der Waals surface area contributed by atoms with Crippen LogP contribution in [0.4, 0.5) is 0 Å². The fraction of sp³-hybridized carbons (Fsp3) is 0.176. The zero-order valence-corrected chi connectivity index (χ0v) is 12.2. The van der Waals surface area contributed by atoms with Gasteiger partial charge in [-0.15, -0.1) is 0 Å². The lowest BCUT2D eigenvalue weighted by Gasteiger charge is -2.09. The van der Waals surface area contributed by atoms with Gasteiger partial charge < -0.3 is 14.8 Å². The first-order valence-corrected chi connectivity index (χ1v) is 6.83. The van der Waals surface area contributed by atoms with E-state index >= 15 is 0 Å². The van der Waals surface area contributed by atoms with Gasteiger partial charge in [-0.2, -0.15) is 0 Å². The molecular formula is C17H17NO4. The molecule has 0 aliphatic heterocycles. The number of para-hydroxylation sites is 2. The molecule has 1 N–H and O–H groups in total. The summed E-state index contributed by atoms with van der Waals surface area (Å²) in [5, 5.41) is 2.53. The first kappa shape index (κ1) is 15.6. The quantitative estimate of drug-likeness (QED) is 0.654. The Labute approximate surface area is 128 Å². The third-order valence-electron chi connectivity index (χ3n) is 2.93. The molecule has 2 aromatic carbocycles. The van der Waals surface area contributed by atoms with E-state index in [1.54, 1.807) is 24.3 Å². The van der Waals surface area contributed by atoms with Crippen LogP contribution in [0.15, 0.2) is 54.6 Å². The van der Waals surface area contributed by atoms with Crippen LogP contribution in [0.1, 0.15) is 5.56 Å². The molecule has 0 saturated carbocycles. The monoisotopic (exact) mass is 299 g/mol. The topological polar surface area (TPSA) is 64.6 Å². The SMILES string of the molecule is COc1ccccc1OC(=O)CNC(=O)Cc1ccccc1. The maximum Gasteiger partial charge on any atom is 0.330 e. The molecule has 0 bridgehead atoms. The molecule has 0 unspecified atom stereocenters. The third kappa shape index (κ3) is 4.63. The molecule has 0 radical (unpaired) electrons. The average molecular weight is 299 g/mol. The van der Waals surface area contributed by atoms with Crippen molar-refractivity contribution in [1.82, 2.24) is 5.32 Å². The lowest BCUT2D eigenvalue weighted by molar-refractivity contribution is -0.135. The predicted octanol–water partition coefficient (Wildman–Crippen LogP) is 1.96. The first-order valence-electron chi connectivity index (χ1n) is 6.83. The summed E-state index contributed by atoms with van der Waals surface area (Å²) in [5.74, 6) is 0.00728. The van der Waals surface area contributed by atoms with Gasteiger partial charge in [0.15, 0.2) is 11.5 Å². The van der Waals surface area contributed by atoms with E-state index in [1.165, 1.54) is 7.11 Å². The van der Waals surface area contributed by atoms with Crippen molar-refractivity contribution < 1.29 is 19.1 Å². The standard InChI is InChI=1S/C17H17NO4/c1-21-14-9-5-6-10-15(14)22-17(20)12-18-16(19)11-13-7-3-2-4-8-13/h2-10H,11-12H2,1H3,(H,18,19). The van der Waals surface area contributed by atoms with Gasteiger partial charge in [-0.1, -0.05) is 42.5 Å². The number of rotatable bonds is 6. The number of esters is 1. The third-order valence-corrected chi connectivity index (χ3v) is 2.93. The minimum atomic E-state index is -0.550. The summed E-state index contributed by atoms with van der Waals surface area (Å²) in [5.41, 5.74) is 0.887. The number of ether oxygens (including phenoxy) is 2. The van der Waals surface area contributed by atoms with Crippen molar-refractivity contribution in [2.45, 2.75) is 6.42 Å². The molecule has 22 heavy (non-hydrogen) atoms. The molecule has 0 spiro atoms. The van der Waals surface area contributed by atoms with E-state index in [0.29, 0.717) is 11.5 Å². The van der Waals surface area contributed by atoms with E-state index in [4.69, 9.17) is 9.47 Å². The van der Waals surface area contributed by atoms with Crippen molar-refractivity contribution in [3.63, 3.8) is 0 Å². The number of hydrogen-bond donors (Lipinski definition) is 1. The van der Waals surface area contributed by atoms with Crippen molar-refractivity contribution in [2.75, 3.05) is 13.7 Å². The highest BCUT2D eigenvalue weighted by Crippen LogP contribution is 2.25. The van der Waals surface area contributed by atoms with Crippen LogP contribution in [0, 0.1) is 0 Å². The van der Waals surface area contributed by atoms with E-state index in [0.717, 1.165) is 5.56 Å². The highest BCUT2D eigenvalue weighted by molar-refractivity contribution is 5.84. The Morgan fingerprint density at radius 2 is 1.59 bits per heavy atom. The number of amides is 1. The summed E-state index contributed by atoms with van der Waals surface area (Å²) in [6.45, 7) is -0.191. The maximum atomic E-state index is 11.7. The second-order valence-electron chi connectivity index (χ2n) is 4.56. The lowest BCUT2D eigenvalue weighted by Crippen LogP contribution is -2.32. The van der Waals surface area contributed by atoms with Crippen molar-refractivity contribution in [1.29, 1.82) is 0 Å². The second kappa shape index (κ2) is 7.83. The van der Waals surface area contributed by atoms with Crippen LogP contribution in [0.2, 0.25) is 0 Å². The molecule has 5 nitrogen and oxygen atoms in total. The molecule has 0 heterocycles. The van der Waals surface area contributed by atoms with Gasteiger partial charge in [0.1, 0.15) is 6.54 Å². The van der Waals surface area contributed by atoms with Crippen LogP contribution in [0.3, 0.4) is 0 Å². The van der Waals surface area contributed by atoms with Crippen LogP contribution < -0.4 is 14.8 Å². The Kier molecular flexibility index (Phi) is 5.54. The van der Waals surface area contributed by atoms with Crippen molar-refractivity contribution in [3.8, 4) is 11.5 Å². The Balaban J connectivity index is 1.81. The van der Waals surface area contributed by atoms with Gasteiger partial charge in [-0.25, -0.2) is 4.79 Å². The molecule has 0 fully saturated rings. The van der Waals surface area contributed by atoms with Crippen LogP contribution in [0.5, 0.6) is 11.5 Å². The molecule has 2 aromatic rings. The predicted molar refractivity (Wildman–Crippen MR) is 81.8 cm³/mol. The number of carbonyl (C=O) groups excluding carboxylic acids is 2. The summed E-state index contributed by atoms with van der Waals surface area (Å²) >= 11 is 0. The smallest absolute Gasteiger partial charge is 0.330 e. The van der Waals surface area contributed by atoms with Gasteiger partial charge >= 0.3 is 5.97 Å². The van der Waals surface area contributed by atoms with E-state index < -0.39 is 5.97 Å². The Morgan fingerprint density at radius 1 is 0.955 bits per heavy atom. The highest BCUT2D eigenvalue weighted by Gasteiger charge is 2.11. The zero-order chi connectivity index (χ0) is 15.8. The largest absolute Gasteiger partial charge is 0.493 e. The molecule has 0 atom stereocenters. The molecular weight excluding hydrogens is 282 g/mol. The van der Waals surface area contributed by atoms with Crippen LogP contribution in [-0.4, -0.2) is 25.5 Å².